The number of rotatable bonds is 10. The van der Waals surface area contributed by atoms with E-state index in [-0.39, 0.29) is 40.8 Å². The Bertz CT molecular complexity index is 1460. The molecule has 0 spiro atoms. The summed E-state index contributed by atoms with van der Waals surface area (Å²) in [6.45, 7) is 19.2. The van der Waals surface area contributed by atoms with Crippen molar-refractivity contribution >= 4 is 14.3 Å². The van der Waals surface area contributed by atoms with Gasteiger partial charge in [0.25, 0.3) is 0 Å². The Morgan fingerprint density at radius 1 is 1.04 bits per heavy atom. The maximum atomic E-state index is 14.7. The van der Waals surface area contributed by atoms with Crippen LogP contribution in [0.4, 0.5) is 0 Å². The molecular formula is C36H52N2O6Si. The molecule has 3 aliphatic carbocycles. The summed E-state index contributed by atoms with van der Waals surface area (Å²) in [5.74, 6) is -0.537. The second-order valence-electron chi connectivity index (χ2n) is 16.0. The quantitative estimate of drug-likeness (QED) is 0.131. The number of pyridine rings is 1. The predicted molar refractivity (Wildman–Crippen MR) is 174 cm³/mol. The van der Waals surface area contributed by atoms with Crippen molar-refractivity contribution in [3.63, 3.8) is 0 Å². The minimum absolute atomic E-state index is 0.0286. The smallest absolute Gasteiger partial charge is 0.353 e. The van der Waals surface area contributed by atoms with E-state index in [4.69, 9.17) is 19.6 Å². The molecule has 7 unspecified atom stereocenters. The zero-order chi connectivity index (χ0) is 33.0. The summed E-state index contributed by atoms with van der Waals surface area (Å²) >= 11 is 0. The number of carbonyl (C=O) groups is 1. The lowest BCUT2D eigenvalue weighted by Gasteiger charge is -2.49. The van der Waals surface area contributed by atoms with Gasteiger partial charge < -0.3 is 24.1 Å². The van der Waals surface area contributed by atoms with E-state index < -0.39 is 54.9 Å². The number of hydrogen-bond donors (Lipinski definition) is 3. The Hall–Kier alpha value is -2.14. The molecule has 4 N–H and O–H groups in total. The van der Waals surface area contributed by atoms with Gasteiger partial charge in [0.05, 0.1) is 6.61 Å². The Morgan fingerprint density at radius 3 is 2.18 bits per heavy atom. The van der Waals surface area contributed by atoms with E-state index in [2.05, 4.69) is 67.3 Å². The van der Waals surface area contributed by atoms with Gasteiger partial charge in [-0.3, -0.25) is 10.7 Å². The van der Waals surface area contributed by atoms with Crippen molar-refractivity contribution in [3.8, 4) is 0 Å². The topological polar surface area (TPSA) is 127 Å². The molecule has 0 radical (unpaired) electrons. The molecule has 2 aromatic rings. The third-order valence-electron chi connectivity index (χ3n) is 13.0. The highest BCUT2D eigenvalue weighted by molar-refractivity contribution is 6.77. The standard InChI is InChI=1S/C36H52N2O6Si/c1-22(2)45(23(3)4,24(5)6)44-34(37,19-25-14-16-38-17-15-25)30(40)42-29-18-28-31(7,8)32(29,9)35-20-33(41,21-39)26-12-10-11-13-27(26)36(28,35)43-35/h10-17,22-24,28-29,39,41H,18-21,37H2,1-9H3. The van der Waals surface area contributed by atoms with Crippen LogP contribution in [0.1, 0.15) is 91.8 Å². The Balaban J connectivity index is 1.40. The number of aliphatic hydroxyl groups is 2. The van der Waals surface area contributed by atoms with Crippen molar-refractivity contribution in [3.05, 3.63) is 65.5 Å². The number of carbonyl (C=O) groups excluding carboxylic acids is 1. The number of ether oxygens (including phenoxy) is 2. The number of epoxide rings is 1. The zero-order valence-corrected chi connectivity index (χ0v) is 29.4. The summed E-state index contributed by atoms with van der Waals surface area (Å²) in [5, 5.41) is 22.4. The zero-order valence-electron chi connectivity index (χ0n) is 28.4. The van der Waals surface area contributed by atoms with Crippen LogP contribution in [0.3, 0.4) is 0 Å². The maximum absolute atomic E-state index is 14.7. The Labute approximate surface area is 269 Å². The highest BCUT2D eigenvalue weighted by atomic mass is 28.4. The third-order valence-corrected chi connectivity index (χ3v) is 19.2. The molecule has 45 heavy (non-hydrogen) atoms. The van der Waals surface area contributed by atoms with Gasteiger partial charge in [0.2, 0.25) is 14.0 Å². The number of aliphatic hydroxyl groups excluding tert-OH is 1. The lowest BCUT2D eigenvalue weighted by molar-refractivity contribution is -0.183. The monoisotopic (exact) mass is 636 g/mol. The molecule has 8 nitrogen and oxygen atoms in total. The van der Waals surface area contributed by atoms with Crippen molar-refractivity contribution < 1.29 is 28.9 Å². The second kappa shape index (κ2) is 10.2. The van der Waals surface area contributed by atoms with E-state index in [0.717, 1.165) is 16.7 Å². The SMILES string of the molecule is CC(C)[Si](OC(N)(Cc1ccncc1)C(=O)OC1CC2C(C)(C)C1(C)C13CC(O)(CO)c4ccccc4C21O3)(C(C)C)C(C)C. The molecule has 1 aromatic heterocycles. The molecule has 246 valence electrons. The number of nitrogens with two attached hydrogens (primary N) is 1. The van der Waals surface area contributed by atoms with E-state index in [9.17, 15) is 15.0 Å². The summed E-state index contributed by atoms with van der Waals surface area (Å²) in [6, 6.07) is 11.5. The molecule has 2 heterocycles. The van der Waals surface area contributed by atoms with Crippen molar-refractivity contribution in [1.29, 1.82) is 0 Å². The average molecular weight is 637 g/mol. The van der Waals surface area contributed by atoms with Crippen molar-refractivity contribution in [2.24, 2.45) is 22.5 Å². The van der Waals surface area contributed by atoms with Gasteiger partial charge in [-0.25, -0.2) is 4.79 Å². The molecule has 4 aliphatic rings. The molecule has 2 saturated carbocycles. The lowest BCUT2D eigenvalue weighted by Crippen LogP contribution is -2.64. The van der Waals surface area contributed by atoms with Crippen LogP contribution in [0.2, 0.25) is 16.6 Å². The molecule has 6 rings (SSSR count). The molecule has 9 heteroatoms. The first-order valence-corrected chi connectivity index (χ1v) is 18.8. The van der Waals surface area contributed by atoms with Gasteiger partial charge in [0, 0.05) is 36.6 Å². The first-order valence-electron chi connectivity index (χ1n) is 16.7. The summed E-state index contributed by atoms with van der Waals surface area (Å²) in [6.07, 6.45) is 3.87. The molecule has 0 amide bonds. The van der Waals surface area contributed by atoms with Crippen LogP contribution in [-0.4, -0.2) is 53.5 Å². The van der Waals surface area contributed by atoms with Crippen LogP contribution >= 0.6 is 0 Å². The number of benzene rings is 1. The summed E-state index contributed by atoms with van der Waals surface area (Å²) in [5.41, 5.74) is 4.77. The minimum Gasteiger partial charge on any atom is -0.459 e. The van der Waals surface area contributed by atoms with Crippen LogP contribution in [0.15, 0.2) is 48.8 Å². The largest absolute Gasteiger partial charge is 0.459 e. The van der Waals surface area contributed by atoms with Gasteiger partial charge in [0.1, 0.15) is 22.9 Å². The minimum atomic E-state index is -2.63. The fourth-order valence-electron chi connectivity index (χ4n) is 10.8. The van der Waals surface area contributed by atoms with Crippen LogP contribution in [0.25, 0.3) is 0 Å². The van der Waals surface area contributed by atoms with Crippen molar-refractivity contribution in [2.75, 3.05) is 6.61 Å². The van der Waals surface area contributed by atoms with Crippen LogP contribution in [0.5, 0.6) is 0 Å². The Morgan fingerprint density at radius 2 is 1.62 bits per heavy atom. The summed E-state index contributed by atoms with van der Waals surface area (Å²) in [4.78, 5) is 18.8. The van der Waals surface area contributed by atoms with Crippen molar-refractivity contribution in [2.45, 2.75) is 127 Å². The molecular weight excluding hydrogens is 584 g/mol. The van der Waals surface area contributed by atoms with Gasteiger partial charge in [-0.1, -0.05) is 86.6 Å². The first-order chi connectivity index (χ1) is 20.9. The maximum Gasteiger partial charge on any atom is 0.353 e. The molecule has 1 aliphatic heterocycles. The van der Waals surface area contributed by atoms with Gasteiger partial charge in [-0.2, -0.15) is 0 Å². The molecule has 7 atom stereocenters. The predicted octanol–water partition coefficient (Wildman–Crippen LogP) is 5.70. The Kier molecular flexibility index (Phi) is 7.41. The summed E-state index contributed by atoms with van der Waals surface area (Å²) in [7, 11) is -2.63. The molecule has 3 fully saturated rings. The number of hydrogen-bond acceptors (Lipinski definition) is 8. The second-order valence-corrected chi connectivity index (χ2v) is 21.4. The van der Waals surface area contributed by atoms with E-state index in [0.29, 0.717) is 6.42 Å². The molecule has 1 saturated heterocycles. The number of aromatic nitrogens is 1. The number of esters is 1. The van der Waals surface area contributed by atoms with E-state index in [1.165, 1.54) is 0 Å². The van der Waals surface area contributed by atoms with E-state index in [1.807, 2.05) is 36.4 Å². The fraction of sp³-hybridized carbons (Fsp3) is 0.667. The third kappa shape index (κ3) is 3.94. The average Bonchev–Trinajstić information content (AvgIpc) is 3.60. The summed E-state index contributed by atoms with van der Waals surface area (Å²) < 4.78 is 20.6. The highest BCUT2D eigenvalue weighted by Crippen LogP contribution is 2.89. The van der Waals surface area contributed by atoms with Gasteiger partial charge in [0.15, 0.2) is 0 Å². The first kappa shape index (κ1) is 32.8. The number of nitrogens with zero attached hydrogens (tertiary/aromatic N) is 1. The van der Waals surface area contributed by atoms with E-state index >= 15 is 0 Å². The van der Waals surface area contributed by atoms with Gasteiger partial charge in [-0.05, 0) is 57.3 Å². The van der Waals surface area contributed by atoms with E-state index in [1.54, 1.807) is 12.4 Å². The van der Waals surface area contributed by atoms with Crippen LogP contribution in [0, 0.1) is 16.7 Å². The van der Waals surface area contributed by atoms with Crippen LogP contribution < -0.4 is 5.73 Å². The molecule has 1 aromatic carbocycles. The lowest BCUT2D eigenvalue weighted by atomic mass is 9.57. The normalized spacial score (nSPS) is 35.6. The highest BCUT2D eigenvalue weighted by Gasteiger charge is 2.96. The fourth-order valence-corrected chi connectivity index (χ4v) is 16.3. The van der Waals surface area contributed by atoms with Gasteiger partial charge in [-0.15, -0.1) is 0 Å². The van der Waals surface area contributed by atoms with Crippen molar-refractivity contribution in [1.82, 2.24) is 4.98 Å². The molecule has 2 bridgehead atoms. The van der Waals surface area contributed by atoms with Crippen LogP contribution in [-0.2, 0) is 36.3 Å². The van der Waals surface area contributed by atoms with Gasteiger partial charge >= 0.3 is 5.97 Å². The number of fused-ring (bicyclic) bond motifs is 3.